The van der Waals surface area contributed by atoms with E-state index in [4.69, 9.17) is 11.5 Å². The van der Waals surface area contributed by atoms with Gasteiger partial charge < -0.3 is 16.8 Å². The van der Waals surface area contributed by atoms with Crippen LogP contribution < -0.4 is 16.8 Å². The standard InChI is InChI=1S/C16H20N4O/c1-10(2)12-5-3-11(4-6-12)9-19-16-13(17)7-8-14(20-16)15(18)21/h3-8,10H,9,17H2,1-2H3,(H2,18,21)(H,19,20). The fourth-order valence-corrected chi connectivity index (χ4v) is 1.95. The Kier molecular flexibility index (Phi) is 4.42. The van der Waals surface area contributed by atoms with Crippen LogP contribution in [0.15, 0.2) is 36.4 Å². The van der Waals surface area contributed by atoms with E-state index in [1.54, 1.807) is 6.07 Å². The number of hydrogen-bond donors (Lipinski definition) is 3. The number of nitrogen functional groups attached to an aromatic ring is 1. The minimum atomic E-state index is -0.570. The quantitative estimate of drug-likeness (QED) is 0.786. The van der Waals surface area contributed by atoms with Crippen molar-refractivity contribution in [3.63, 3.8) is 0 Å². The highest BCUT2D eigenvalue weighted by Gasteiger charge is 2.07. The molecule has 0 fully saturated rings. The van der Waals surface area contributed by atoms with Crippen molar-refractivity contribution >= 4 is 17.4 Å². The maximum atomic E-state index is 11.1. The molecule has 5 heteroatoms. The van der Waals surface area contributed by atoms with E-state index in [9.17, 15) is 4.79 Å². The number of rotatable bonds is 5. The van der Waals surface area contributed by atoms with Crippen LogP contribution in [0.2, 0.25) is 0 Å². The molecule has 0 spiro atoms. The molecule has 5 nitrogen and oxygen atoms in total. The molecule has 1 aromatic carbocycles. The van der Waals surface area contributed by atoms with Gasteiger partial charge in [0.2, 0.25) is 0 Å². The zero-order chi connectivity index (χ0) is 15.4. The number of amides is 1. The number of primary amides is 1. The molecule has 1 amide bonds. The van der Waals surface area contributed by atoms with Crippen LogP contribution in [0.25, 0.3) is 0 Å². The Balaban J connectivity index is 2.09. The van der Waals surface area contributed by atoms with Crippen molar-refractivity contribution in [2.45, 2.75) is 26.3 Å². The van der Waals surface area contributed by atoms with Crippen LogP contribution in [0.3, 0.4) is 0 Å². The summed E-state index contributed by atoms with van der Waals surface area (Å²) in [6.45, 7) is 4.90. The minimum Gasteiger partial charge on any atom is -0.396 e. The maximum absolute atomic E-state index is 11.1. The molecule has 0 aliphatic rings. The number of pyridine rings is 1. The van der Waals surface area contributed by atoms with Gasteiger partial charge in [0.15, 0.2) is 0 Å². The third-order valence-electron chi connectivity index (χ3n) is 3.29. The summed E-state index contributed by atoms with van der Waals surface area (Å²) in [5, 5.41) is 3.13. The summed E-state index contributed by atoms with van der Waals surface area (Å²) < 4.78 is 0. The molecule has 0 saturated carbocycles. The van der Waals surface area contributed by atoms with E-state index < -0.39 is 5.91 Å². The number of aromatic nitrogens is 1. The van der Waals surface area contributed by atoms with E-state index in [-0.39, 0.29) is 5.69 Å². The van der Waals surface area contributed by atoms with Gasteiger partial charge in [0.05, 0.1) is 5.69 Å². The maximum Gasteiger partial charge on any atom is 0.267 e. The van der Waals surface area contributed by atoms with Crippen molar-refractivity contribution in [2.24, 2.45) is 5.73 Å². The third kappa shape index (κ3) is 3.72. The first kappa shape index (κ1) is 14.8. The molecule has 21 heavy (non-hydrogen) atoms. The molecule has 2 rings (SSSR count). The summed E-state index contributed by atoms with van der Waals surface area (Å²) in [5.74, 6) is 0.412. The molecule has 0 aliphatic carbocycles. The van der Waals surface area contributed by atoms with Crippen molar-refractivity contribution in [3.05, 3.63) is 53.2 Å². The van der Waals surface area contributed by atoms with Gasteiger partial charge in [0, 0.05) is 6.54 Å². The Hall–Kier alpha value is -2.56. The molecule has 1 heterocycles. The normalized spacial score (nSPS) is 10.6. The number of carbonyl (C=O) groups excluding carboxylic acids is 1. The van der Waals surface area contributed by atoms with Crippen molar-refractivity contribution in [1.29, 1.82) is 0 Å². The summed E-state index contributed by atoms with van der Waals surface area (Å²) in [6, 6.07) is 11.5. The van der Waals surface area contributed by atoms with E-state index >= 15 is 0 Å². The highest BCUT2D eigenvalue weighted by molar-refractivity contribution is 5.91. The molecule has 0 unspecified atom stereocenters. The van der Waals surface area contributed by atoms with Gasteiger partial charge in [0.25, 0.3) is 5.91 Å². The van der Waals surface area contributed by atoms with Crippen molar-refractivity contribution in [1.82, 2.24) is 4.98 Å². The van der Waals surface area contributed by atoms with E-state index in [1.807, 2.05) is 0 Å². The van der Waals surface area contributed by atoms with Gasteiger partial charge in [-0.15, -0.1) is 0 Å². The van der Waals surface area contributed by atoms with Crippen molar-refractivity contribution in [2.75, 3.05) is 11.1 Å². The molecule has 110 valence electrons. The molecule has 0 radical (unpaired) electrons. The van der Waals surface area contributed by atoms with Crippen LogP contribution in [0.1, 0.15) is 41.4 Å². The Labute approximate surface area is 124 Å². The molecular formula is C16H20N4O. The first-order valence-corrected chi connectivity index (χ1v) is 6.86. The summed E-state index contributed by atoms with van der Waals surface area (Å²) in [4.78, 5) is 15.3. The van der Waals surface area contributed by atoms with Crippen molar-refractivity contribution in [3.8, 4) is 0 Å². The lowest BCUT2D eigenvalue weighted by molar-refractivity contribution is 0.0996. The van der Waals surface area contributed by atoms with Crippen LogP contribution in [0.4, 0.5) is 11.5 Å². The number of carbonyl (C=O) groups is 1. The van der Waals surface area contributed by atoms with Gasteiger partial charge in [-0.3, -0.25) is 4.79 Å². The van der Waals surface area contributed by atoms with Gasteiger partial charge in [-0.2, -0.15) is 0 Å². The lowest BCUT2D eigenvalue weighted by atomic mass is 10.0. The molecular weight excluding hydrogens is 264 g/mol. The topological polar surface area (TPSA) is 94.0 Å². The second-order valence-electron chi connectivity index (χ2n) is 5.25. The smallest absolute Gasteiger partial charge is 0.267 e. The molecule has 0 bridgehead atoms. The predicted molar refractivity (Wildman–Crippen MR) is 85.0 cm³/mol. The average molecular weight is 284 g/mol. The fraction of sp³-hybridized carbons (Fsp3) is 0.250. The van der Waals surface area contributed by atoms with Crippen molar-refractivity contribution < 1.29 is 4.79 Å². The molecule has 0 saturated heterocycles. The van der Waals surface area contributed by atoms with Crippen LogP contribution in [-0.4, -0.2) is 10.9 Å². The molecule has 1 aromatic heterocycles. The van der Waals surface area contributed by atoms with Gasteiger partial charge in [-0.05, 0) is 29.2 Å². The first-order chi connectivity index (χ1) is 9.97. The number of nitrogens with one attached hydrogen (secondary N) is 1. The number of hydrogen-bond acceptors (Lipinski definition) is 4. The highest BCUT2D eigenvalue weighted by atomic mass is 16.1. The van der Waals surface area contributed by atoms with Gasteiger partial charge in [0.1, 0.15) is 11.5 Å². The Morgan fingerprint density at radius 3 is 2.43 bits per heavy atom. The highest BCUT2D eigenvalue weighted by Crippen LogP contribution is 2.18. The summed E-state index contributed by atoms with van der Waals surface area (Å²) in [6.07, 6.45) is 0. The monoisotopic (exact) mass is 284 g/mol. The molecule has 2 aromatic rings. The van der Waals surface area contributed by atoms with E-state index in [1.165, 1.54) is 11.6 Å². The largest absolute Gasteiger partial charge is 0.396 e. The van der Waals surface area contributed by atoms with Gasteiger partial charge >= 0.3 is 0 Å². The zero-order valence-corrected chi connectivity index (χ0v) is 12.3. The Morgan fingerprint density at radius 1 is 1.19 bits per heavy atom. The summed E-state index contributed by atoms with van der Waals surface area (Å²) >= 11 is 0. The number of nitrogens with two attached hydrogens (primary N) is 2. The fourth-order valence-electron chi connectivity index (χ4n) is 1.95. The SMILES string of the molecule is CC(C)c1ccc(CNc2nc(C(N)=O)ccc2N)cc1. The lowest BCUT2D eigenvalue weighted by Crippen LogP contribution is -2.15. The van der Waals surface area contributed by atoms with Crippen LogP contribution in [0.5, 0.6) is 0 Å². The van der Waals surface area contributed by atoms with E-state index in [2.05, 4.69) is 48.4 Å². The van der Waals surface area contributed by atoms with E-state index in [0.29, 0.717) is 24.0 Å². The Morgan fingerprint density at radius 2 is 1.86 bits per heavy atom. The number of benzene rings is 1. The number of nitrogens with zero attached hydrogens (tertiary/aromatic N) is 1. The van der Waals surface area contributed by atoms with Crippen LogP contribution in [0, 0.1) is 0 Å². The Bertz CT molecular complexity index is 635. The summed E-state index contributed by atoms with van der Waals surface area (Å²) in [7, 11) is 0. The van der Waals surface area contributed by atoms with Gasteiger partial charge in [-0.1, -0.05) is 38.1 Å². The molecule has 0 aliphatic heterocycles. The average Bonchev–Trinajstić information content (AvgIpc) is 2.46. The second kappa shape index (κ2) is 6.26. The van der Waals surface area contributed by atoms with Crippen LogP contribution >= 0.6 is 0 Å². The first-order valence-electron chi connectivity index (χ1n) is 6.86. The van der Waals surface area contributed by atoms with Crippen LogP contribution in [-0.2, 0) is 6.54 Å². The minimum absolute atomic E-state index is 0.196. The number of anilines is 2. The third-order valence-corrected chi connectivity index (χ3v) is 3.29. The van der Waals surface area contributed by atoms with Gasteiger partial charge in [-0.25, -0.2) is 4.98 Å². The zero-order valence-electron chi connectivity index (χ0n) is 12.3. The molecule has 0 atom stereocenters. The molecule has 5 N–H and O–H groups in total. The van der Waals surface area contributed by atoms with E-state index in [0.717, 1.165) is 5.56 Å². The predicted octanol–water partition coefficient (Wildman–Crippen LogP) is 2.50. The summed E-state index contributed by atoms with van der Waals surface area (Å²) in [5.41, 5.74) is 14.2. The lowest BCUT2D eigenvalue weighted by Gasteiger charge is -2.10. The second-order valence-corrected chi connectivity index (χ2v) is 5.25.